The lowest BCUT2D eigenvalue weighted by Crippen LogP contribution is -2.09. The van der Waals surface area contributed by atoms with Gasteiger partial charge in [0.15, 0.2) is 0 Å². The largest absolute Gasteiger partial charge is 0.493 e. The molecule has 0 radical (unpaired) electrons. The van der Waals surface area contributed by atoms with E-state index in [0.29, 0.717) is 0 Å². The summed E-state index contributed by atoms with van der Waals surface area (Å²) in [5.74, 6) is 1.03. The maximum absolute atomic E-state index is 5.54. The number of nitrogens with zero attached hydrogens (tertiary/aromatic N) is 1. The van der Waals surface area contributed by atoms with Crippen LogP contribution in [0.15, 0.2) is 42.5 Å². The van der Waals surface area contributed by atoms with Crippen LogP contribution >= 0.6 is 0 Å². The van der Waals surface area contributed by atoms with Crippen molar-refractivity contribution < 1.29 is 4.74 Å². The van der Waals surface area contributed by atoms with Crippen LogP contribution in [0.3, 0.4) is 0 Å². The maximum atomic E-state index is 5.54. The molecular formula is C16H18N2O. The number of fused-ring (bicyclic) bond motifs is 1. The molecule has 0 bridgehead atoms. The Morgan fingerprint density at radius 2 is 1.79 bits per heavy atom. The fourth-order valence-corrected chi connectivity index (χ4v) is 2.38. The number of hydrogen-bond donors (Lipinski definition) is 1. The molecule has 0 aromatic heterocycles. The molecule has 0 fully saturated rings. The SMILES string of the molecule is CNc1ccc(N(C)c2ccc3c(c2)CCO3)cc1. The lowest BCUT2D eigenvalue weighted by molar-refractivity contribution is 0.357. The summed E-state index contributed by atoms with van der Waals surface area (Å²) < 4.78 is 5.54. The van der Waals surface area contributed by atoms with E-state index in [1.165, 1.54) is 16.9 Å². The van der Waals surface area contributed by atoms with Gasteiger partial charge in [-0.3, -0.25) is 0 Å². The molecule has 0 saturated heterocycles. The molecule has 2 aromatic rings. The van der Waals surface area contributed by atoms with Gasteiger partial charge in [0.25, 0.3) is 0 Å². The van der Waals surface area contributed by atoms with Crippen LogP contribution in [0.2, 0.25) is 0 Å². The van der Waals surface area contributed by atoms with Crippen molar-refractivity contribution in [1.29, 1.82) is 0 Å². The lowest BCUT2D eigenvalue weighted by atomic mass is 10.1. The first kappa shape index (κ1) is 11.9. The van der Waals surface area contributed by atoms with Crippen molar-refractivity contribution in [2.24, 2.45) is 0 Å². The van der Waals surface area contributed by atoms with Gasteiger partial charge < -0.3 is 15.0 Å². The predicted molar refractivity (Wildman–Crippen MR) is 79.7 cm³/mol. The zero-order valence-electron chi connectivity index (χ0n) is 11.3. The number of nitrogens with one attached hydrogen (secondary N) is 1. The van der Waals surface area contributed by atoms with Gasteiger partial charge in [-0.2, -0.15) is 0 Å². The molecule has 0 unspecified atom stereocenters. The highest BCUT2D eigenvalue weighted by Crippen LogP contribution is 2.32. The maximum Gasteiger partial charge on any atom is 0.122 e. The fourth-order valence-electron chi connectivity index (χ4n) is 2.38. The van der Waals surface area contributed by atoms with E-state index in [4.69, 9.17) is 4.74 Å². The van der Waals surface area contributed by atoms with Gasteiger partial charge in [0.2, 0.25) is 0 Å². The monoisotopic (exact) mass is 254 g/mol. The van der Waals surface area contributed by atoms with Crippen molar-refractivity contribution in [3.63, 3.8) is 0 Å². The average molecular weight is 254 g/mol. The van der Waals surface area contributed by atoms with Gasteiger partial charge in [-0.25, -0.2) is 0 Å². The van der Waals surface area contributed by atoms with E-state index < -0.39 is 0 Å². The van der Waals surface area contributed by atoms with Crippen LogP contribution in [-0.2, 0) is 6.42 Å². The Balaban J connectivity index is 1.88. The standard InChI is InChI=1S/C16H18N2O/c1-17-13-3-5-14(6-4-13)18(2)15-7-8-16-12(11-15)9-10-19-16/h3-8,11,17H,9-10H2,1-2H3. The van der Waals surface area contributed by atoms with Crippen LogP contribution in [0, 0.1) is 0 Å². The molecular weight excluding hydrogens is 236 g/mol. The first-order chi connectivity index (χ1) is 9.28. The van der Waals surface area contributed by atoms with Crippen molar-refractivity contribution in [3.8, 4) is 5.75 Å². The molecule has 19 heavy (non-hydrogen) atoms. The Morgan fingerprint density at radius 3 is 2.53 bits per heavy atom. The van der Waals surface area contributed by atoms with Crippen LogP contribution < -0.4 is 15.0 Å². The first-order valence-corrected chi connectivity index (χ1v) is 6.55. The molecule has 0 saturated carbocycles. The van der Waals surface area contributed by atoms with Crippen molar-refractivity contribution in [2.75, 3.05) is 30.9 Å². The third-order valence-corrected chi connectivity index (χ3v) is 3.60. The van der Waals surface area contributed by atoms with Crippen molar-refractivity contribution in [3.05, 3.63) is 48.0 Å². The van der Waals surface area contributed by atoms with Gasteiger partial charge in [-0.15, -0.1) is 0 Å². The minimum Gasteiger partial charge on any atom is -0.493 e. The van der Waals surface area contributed by atoms with Gasteiger partial charge in [0.1, 0.15) is 5.75 Å². The number of anilines is 3. The molecule has 0 aliphatic carbocycles. The Hall–Kier alpha value is -2.16. The second-order valence-electron chi connectivity index (χ2n) is 4.75. The summed E-state index contributed by atoms with van der Waals surface area (Å²) in [4.78, 5) is 2.19. The Morgan fingerprint density at radius 1 is 1.05 bits per heavy atom. The molecule has 1 N–H and O–H groups in total. The second-order valence-corrected chi connectivity index (χ2v) is 4.75. The van der Waals surface area contributed by atoms with E-state index in [0.717, 1.165) is 24.5 Å². The normalized spacial score (nSPS) is 12.7. The fraction of sp³-hybridized carbons (Fsp3) is 0.250. The molecule has 3 rings (SSSR count). The topological polar surface area (TPSA) is 24.5 Å². The van der Waals surface area contributed by atoms with Crippen molar-refractivity contribution in [2.45, 2.75) is 6.42 Å². The Bertz CT molecular complexity index is 578. The second kappa shape index (κ2) is 4.84. The third-order valence-electron chi connectivity index (χ3n) is 3.60. The molecule has 0 amide bonds. The van der Waals surface area contributed by atoms with E-state index >= 15 is 0 Å². The highest BCUT2D eigenvalue weighted by molar-refractivity contribution is 5.66. The van der Waals surface area contributed by atoms with Crippen LogP contribution in [0.4, 0.5) is 17.1 Å². The summed E-state index contributed by atoms with van der Waals surface area (Å²) in [6.45, 7) is 0.805. The Labute approximate surface area is 113 Å². The molecule has 1 aliphatic heterocycles. The number of ether oxygens (including phenoxy) is 1. The first-order valence-electron chi connectivity index (χ1n) is 6.55. The van der Waals surface area contributed by atoms with E-state index in [1.807, 2.05) is 7.05 Å². The smallest absolute Gasteiger partial charge is 0.122 e. The zero-order chi connectivity index (χ0) is 13.2. The lowest BCUT2D eigenvalue weighted by Gasteiger charge is -2.20. The predicted octanol–water partition coefficient (Wildman–Crippen LogP) is 3.43. The molecule has 1 aliphatic rings. The Kier molecular flexibility index (Phi) is 3.03. The van der Waals surface area contributed by atoms with E-state index in [-0.39, 0.29) is 0 Å². The number of benzene rings is 2. The molecule has 0 spiro atoms. The molecule has 98 valence electrons. The summed E-state index contributed by atoms with van der Waals surface area (Å²) in [5.41, 5.74) is 4.80. The van der Waals surface area contributed by atoms with Crippen LogP contribution in [0.25, 0.3) is 0 Å². The third kappa shape index (κ3) is 2.24. The van der Waals surface area contributed by atoms with Gasteiger partial charge in [-0.05, 0) is 48.0 Å². The van der Waals surface area contributed by atoms with E-state index in [9.17, 15) is 0 Å². The molecule has 2 aromatic carbocycles. The summed E-state index contributed by atoms with van der Waals surface area (Å²) in [6.07, 6.45) is 1.01. The van der Waals surface area contributed by atoms with Gasteiger partial charge in [-0.1, -0.05) is 0 Å². The summed E-state index contributed by atoms with van der Waals surface area (Å²) in [7, 11) is 4.02. The molecule has 3 nitrogen and oxygen atoms in total. The summed E-state index contributed by atoms with van der Waals surface area (Å²) >= 11 is 0. The van der Waals surface area contributed by atoms with Crippen LogP contribution in [0.1, 0.15) is 5.56 Å². The van der Waals surface area contributed by atoms with E-state index in [1.54, 1.807) is 0 Å². The highest BCUT2D eigenvalue weighted by Gasteiger charge is 2.13. The van der Waals surface area contributed by atoms with Gasteiger partial charge in [0, 0.05) is 37.6 Å². The number of hydrogen-bond acceptors (Lipinski definition) is 3. The zero-order valence-corrected chi connectivity index (χ0v) is 11.3. The van der Waals surface area contributed by atoms with Crippen molar-refractivity contribution >= 4 is 17.1 Å². The van der Waals surface area contributed by atoms with Gasteiger partial charge in [0.05, 0.1) is 6.61 Å². The highest BCUT2D eigenvalue weighted by atomic mass is 16.5. The van der Waals surface area contributed by atoms with Crippen LogP contribution in [0.5, 0.6) is 5.75 Å². The van der Waals surface area contributed by atoms with Crippen molar-refractivity contribution in [1.82, 2.24) is 0 Å². The van der Waals surface area contributed by atoms with Gasteiger partial charge >= 0.3 is 0 Å². The average Bonchev–Trinajstić information content (AvgIpc) is 2.94. The van der Waals surface area contributed by atoms with Crippen LogP contribution in [-0.4, -0.2) is 20.7 Å². The summed E-state index contributed by atoms with van der Waals surface area (Å²) in [6, 6.07) is 14.8. The summed E-state index contributed by atoms with van der Waals surface area (Å²) in [5, 5.41) is 3.13. The van der Waals surface area contributed by atoms with E-state index in [2.05, 4.69) is 59.7 Å². The molecule has 3 heteroatoms. The minimum atomic E-state index is 0.805. The quantitative estimate of drug-likeness (QED) is 0.908. The number of rotatable bonds is 3. The minimum absolute atomic E-state index is 0.805. The molecule has 0 atom stereocenters. The molecule has 1 heterocycles.